The van der Waals surface area contributed by atoms with Crippen molar-refractivity contribution in [3.63, 3.8) is 0 Å². The molecule has 0 saturated carbocycles. The highest BCUT2D eigenvalue weighted by molar-refractivity contribution is 8.00. The molecule has 0 radical (unpaired) electrons. The first-order valence-electron chi connectivity index (χ1n) is 7.54. The number of imide groups is 1. The number of nitrogens with two attached hydrogens (primary N) is 1. The fourth-order valence-corrected chi connectivity index (χ4v) is 3.27. The number of carbonyl (C=O) groups is 2. The van der Waals surface area contributed by atoms with Gasteiger partial charge in [-0.1, -0.05) is 25.6 Å². The van der Waals surface area contributed by atoms with Crippen LogP contribution in [-0.4, -0.2) is 36.9 Å². The Morgan fingerprint density at radius 2 is 1.96 bits per heavy atom. The second kappa shape index (κ2) is 7.91. The Kier molecular flexibility index (Phi) is 5.91. The van der Waals surface area contributed by atoms with Crippen LogP contribution in [0.5, 0.6) is 0 Å². The number of thioether (sulfide) groups is 1. The van der Waals surface area contributed by atoms with Gasteiger partial charge in [0.25, 0.3) is 0 Å². The quantitative estimate of drug-likeness (QED) is 0.767. The maximum Gasteiger partial charge on any atom is 0.318 e. The summed E-state index contributed by atoms with van der Waals surface area (Å²) in [6, 6.07) is 2.84. The molecule has 0 bridgehead atoms. The molecule has 2 aromatic heterocycles. The molecule has 0 saturated heterocycles. The average Bonchev–Trinajstić information content (AvgIpc) is 2.95. The summed E-state index contributed by atoms with van der Waals surface area (Å²) in [6.07, 6.45) is 3.38. The van der Waals surface area contributed by atoms with Crippen molar-refractivity contribution in [2.75, 3.05) is 0 Å². The summed E-state index contributed by atoms with van der Waals surface area (Å²) in [7, 11) is 0. The fraction of sp³-hybridized carbons (Fsp3) is 0.400. The summed E-state index contributed by atoms with van der Waals surface area (Å²) < 4.78 is 1.92. The largest absolute Gasteiger partial charge is 0.351 e. The SMILES string of the molecule is CCn1c(S[C@H](C(=O)NC(N)=O)C(C)C)nnc1-c1ccncc1. The average molecular weight is 348 g/mol. The number of urea groups is 1. The number of nitrogens with one attached hydrogen (secondary N) is 1. The molecule has 3 N–H and O–H groups in total. The summed E-state index contributed by atoms with van der Waals surface area (Å²) >= 11 is 1.27. The summed E-state index contributed by atoms with van der Waals surface area (Å²) in [5.74, 6) is 0.263. The van der Waals surface area contributed by atoms with Crippen LogP contribution in [-0.2, 0) is 11.3 Å². The van der Waals surface area contributed by atoms with Gasteiger partial charge in [0.2, 0.25) is 5.91 Å². The zero-order chi connectivity index (χ0) is 17.7. The number of rotatable bonds is 6. The highest BCUT2D eigenvalue weighted by atomic mass is 32.2. The third-order valence-electron chi connectivity index (χ3n) is 3.31. The Bertz CT molecular complexity index is 716. The molecular weight excluding hydrogens is 328 g/mol. The molecule has 0 aliphatic rings. The molecule has 0 fully saturated rings. The van der Waals surface area contributed by atoms with Crippen LogP contribution < -0.4 is 11.1 Å². The highest BCUT2D eigenvalue weighted by Crippen LogP contribution is 2.30. The number of carbonyl (C=O) groups excluding carboxylic acids is 2. The van der Waals surface area contributed by atoms with E-state index in [4.69, 9.17) is 5.73 Å². The van der Waals surface area contributed by atoms with Crippen LogP contribution in [0, 0.1) is 5.92 Å². The van der Waals surface area contributed by atoms with Gasteiger partial charge in [0.05, 0.1) is 5.25 Å². The van der Waals surface area contributed by atoms with Gasteiger partial charge in [-0.3, -0.25) is 15.1 Å². The minimum atomic E-state index is -0.860. The Labute approximate surface area is 144 Å². The fourth-order valence-electron chi connectivity index (χ4n) is 2.17. The number of pyridine rings is 1. The van der Waals surface area contributed by atoms with Crippen molar-refractivity contribution >= 4 is 23.7 Å². The van der Waals surface area contributed by atoms with Gasteiger partial charge in [0.15, 0.2) is 11.0 Å². The Hall–Kier alpha value is -2.42. The summed E-state index contributed by atoms with van der Waals surface area (Å²) in [6.45, 7) is 6.42. The molecule has 9 heteroatoms. The van der Waals surface area contributed by atoms with E-state index in [0.717, 1.165) is 5.56 Å². The van der Waals surface area contributed by atoms with Crippen LogP contribution in [0.4, 0.5) is 4.79 Å². The molecule has 8 nitrogen and oxygen atoms in total. The first kappa shape index (κ1) is 17.9. The van der Waals surface area contributed by atoms with E-state index < -0.39 is 17.2 Å². The van der Waals surface area contributed by atoms with Gasteiger partial charge < -0.3 is 10.3 Å². The molecule has 0 spiro atoms. The molecule has 2 aromatic rings. The van der Waals surface area contributed by atoms with E-state index >= 15 is 0 Å². The third kappa shape index (κ3) is 4.10. The van der Waals surface area contributed by atoms with Crippen molar-refractivity contribution in [2.24, 2.45) is 11.7 Å². The lowest BCUT2D eigenvalue weighted by Gasteiger charge is -2.18. The minimum absolute atomic E-state index is 0.0132. The molecule has 0 aliphatic carbocycles. The van der Waals surface area contributed by atoms with Gasteiger partial charge in [-0.15, -0.1) is 10.2 Å². The lowest BCUT2D eigenvalue weighted by Crippen LogP contribution is -2.42. The predicted octanol–water partition coefficient (Wildman–Crippen LogP) is 1.67. The first-order chi connectivity index (χ1) is 11.4. The van der Waals surface area contributed by atoms with Crippen molar-refractivity contribution in [3.05, 3.63) is 24.5 Å². The molecule has 2 rings (SSSR count). The van der Waals surface area contributed by atoms with Crippen molar-refractivity contribution < 1.29 is 9.59 Å². The maximum absolute atomic E-state index is 12.2. The van der Waals surface area contributed by atoms with Gasteiger partial charge in [-0.2, -0.15) is 0 Å². The second-order valence-corrected chi connectivity index (χ2v) is 6.53. The second-order valence-electron chi connectivity index (χ2n) is 5.42. The number of amides is 3. The van der Waals surface area contributed by atoms with Crippen molar-refractivity contribution in [2.45, 2.75) is 37.7 Å². The van der Waals surface area contributed by atoms with E-state index in [1.807, 2.05) is 37.5 Å². The Morgan fingerprint density at radius 1 is 1.29 bits per heavy atom. The molecule has 1 atom stereocenters. The van der Waals surface area contributed by atoms with E-state index in [1.165, 1.54) is 11.8 Å². The van der Waals surface area contributed by atoms with Crippen LogP contribution >= 0.6 is 11.8 Å². The van der Waals surface area contributed by atoms with Crippen LogP contribution in [0.25, 0.3) is 11.4 Å². The third-order valence-corrected chi connectivity index (χ3v) is 4.84. The predicted molar refractivity (Wildman–Crippen MR) is 91.1 cm³/mol. The molecule has 0 aliphatic heterocycles. The van der Waals surface area contributed by atoms with Crippen molar-refractivity contribution in [3.8, 4) is 11.4 Å². The minimum Gasteiger partial charge on any atom is -0.351 e. The van der Waals surface area contributed by atoms with Gasteiger partial charge in [0, 0.05) is 24.5 Å². The lowest BCUT2D eigenvalue weighted by molar-refractivity contribution is -0.120. The first-order valence-corrected chi connectivity index (χ1v) is 8.42. The number of aromatic nitrogens is 4. The van der Waals surface area contributed by atoms with Crippen LogP contribution in [0.15, 0.2) is 29.7 Å². The molecule has 2 heterocycles. The number of hydrogen-bond donors (Lipinski definition) is 2. The maximum atomic E-state index is 12.2. The van der Waals surface area contributed by atoms with Crippen molar-refractivity contribution in [1.29, 1.82) is 0 Å². The molecule has 128 valence electrons. The van der Waals surface area contributed by atoms with E-state index in [9.17, 15) is 9.59 Å². The standard InChI is InChI=1S/C15H20N6O2S/c1-4-21-12(10-5-7-17-8-6-10)19-20-15(21)24-11(9(2)3)13(22)18-14(16)23/h5-9,11H,4H2,1-3H3,(H3,16,18,22,23)/t11-/m0/s1. The van der Waals surface area contributed by atoms with Gasteiger partial charge in [-0.25, -0.2) is 4.79 Å². The normalized spacial score (nSPS) is 12.2. The van der Waals surface area contributed by atoms with Crippen LogP contribution in [0.2, 0.25) is 0 Å². The Balaban J connectivity index is 2.30. The smallest absolute Gasteiger partial charge is 0.318 e. The summed E-state index contributed by atoms with van der Waals surface area (Å²) in [4.78, 5) is 27.1. The van der Waals surface area contributed by atoms with E-state index in [0.29, 0.717) is 17.5 Å². The zero-order valence-corrected chi connectivity index (χ0v) is 14.6. The van der Waals surface area contributed by atoms with Crippen molar-refractivity contribution in [1.82, 2.24) is 25.1 Å². The lowest BCUT2D eigenvalue weighted by atomic mass is 10.1. The van der Waals surface area contributed by atoms with E-state index in [2.05, 4.69) is 20.5 Å². The zero-order valence-electron chi connectivity index (χ0n) is 13.8. The molecule has 0 aromatic carbocycles. The molecular formula is C15H20N6O2S. The van der Waals surface area contributed by atoms with E-state index in [-0.39, 0.29) is 5.92 Å². The van der Waals surface area contributed by atoms with Gasteiger partial charge in [0.1, 0.15) is 0 Å². The topological polar surface area (TPSA) is 116 Å². The highest BCUT2D eigenvalue weighted by Gasteiger charge is 2.27. The van der Waals surface area contributed by atoms with Crippen LogP contribution in [0.3, 0.4) is 0 Å². The molecule has 3 amide bonds. The molecule has 0 unspecified atom stereocenters. The van der Waals surface area contributed by atoms with Gasteiger partial charge in [-0.05, 0) is 25.0 Å². The van der Waals surface area contributed by atoms with Gasteiger partial charge >= 0.3 is 6.03 Å². The van der Waals surface area contributed by atoms with E-state index in [1.54, 1.807) is 12.4 Å². The number of primary amides is 1. The van der Waals surface area contributed by atoms with Crippen LogP contribution in [0.1, 0.15) is 20.8 Å². The number of nitrogens with zero attached hydrogens (tertiary/aromatic N) is 4. The Morgan fingerprint density at radius 3 is 2.50 bits per heavy atom. The number of hydrogen-bond acceptors (Lipinski definition) is 6. The summed E-state index contributed by atoms with van der Waals surface area (Å²) in [5, 5.41) is 10.7. The monoisotopic (exact) mass is 348 g/mol. The summed E-state index contributed by atoms with van der Waals surface area (Å²) in [5.41, 5.74) is 5.94. The molecule has 24 heavy (non-hydrogen) atoms.